The lowest BCUT2D eigenvalue weighted by Crippen LogP contribution is -2.45. The van der Waals surface area contributed by atoms with Crippen molar-refractivity contribution in [3.63, 3.8) is 0 Å². The molecule has 0 spiro atoms. The minimum atomic E-state index is -1.38. The van der Waals surface area contributed by atoms with Crippen LogP contribution in [0.25, 0.3) is 11.2 Å². The highest BCUT2D eigenvalue weighted by Crippen LogP contribution is 2.37. The van der Waals surface area contributed by atoms with Gasteiger partial charge in [0.05, 0.1) is 12.9 Å². The van der Waals surface area contributed by atoms with E-state index in [1.165, 1.54) is 10.9 Å². The second kappa shape index (κ2) is 8.35. The minimum Gasteiger partial charge on any atom is -0.394 e. The van der Waals surface area contributed by atoms with Crippen molar-refractivity contribution in [2.24, 2.45) is 0 Å². The molecule has 3 rings (SSSR count). The molecule has 2 heterocycles. The van der Waals surface area contributed by atoms with E-state index in [1.807, 2.05) is 0 Å². The number of aliphatic hydroxyl groups is 3. The summed E-state index contributed by atoms with van der Waals surface area (Å²) in [6.07, 6.45) is 1.67. The molecule has 1 saturated carbocycles. The third kappa shape index (κ3) is 3.92. The molecule has 0 aromatic carbocycles. The van der Waals surface area contributed by atoms with Crippen molar-refractivity contribution in [1.29, 1.82) is 0 Å². The van der Waals surface area contributed by atoms with Crippen LogP contribution < -0.4 is 11.1 Å². The average molecular weight is 394 g/mol. The van der Waals surface area contributed by atoms with Crippen LogP contribution in [-0.2, 0) is 21.9 Å². The van der Waals surface area contributed by atoms with Crippen LogP contribution in [-0.4, -0.2) is 66.1 Å². The van der Waals surface area contributed by atoms with Crippen molar-refractivity contribution >= 4 is 22.9 Å². The third-order valence-corrected chi connectivity index (χ3v) is 4.88. The Morgan fingerprint density at radius 3 is 2.79 bits per heavy atom. The summed E-state index contributed by atoms with van der Waals surface area (Å²) in [6.45, 7) is 1.30. The van der Waals surface area contributed by atoms with E-state index in [1.54, 1.807) is 6.92 Å². The fraction of sp³-hybridized carbons (Fsp3) is 0.647. The predicted octanol–water partition coefficient (Wildman–Crippen LogP) is -0.998. The number of fused-ring (bicyclic) bond motifs is 1. The zero-order valence-electron chi connectivity index (χ0n) is 15.7. The maximum atomic E-state index is 12.1. The number of aromatic nitrogens is 4. The Kier molecular flexibility index (Phi) is 6.08. The molecule has 11 nitrogen and oxygen atoms in total. The van der Waals surface area contributed by atoms with Gasteiger partial charge in [-0.1, -0.05) is 0 Å². The molecule has 2 aromatic rings. The Balaban J connectivity index is 1.86. The zero-order chi connectivity index (χ0) is 20.3. The molecule has 11 heteroatoms. The molecule has 1 unspecified atom stereocenters. The molecular weight excluding hydrogens is 368 g/mol. The van der Waals surface area contributed by atoms with Gasteiger partial charge < -0.3 is 31.1 Å². The number of amides is 1. The molecule has 154 valence electrons. The highest BCUT2D eigenvalue weighted by atomic mass is 16.5. The van der Waals surface area contributed by atoms with Gasteiger partial charge >= 0.3 is 0 Å². The Hall–Kier alpha value is -2.34. The molecule has 2 aromatic heterocycles. The van der Waals surface area contributed by atoms with Crippen molar-refractivity contribution in [3.05, 3.63) is 12.2 Å². The van der Waals surface area contributed by atoms with Gasteiger partial charge in [-0.05, 0) is 32.6 Å². The number of anilines is 1. The van der Waals surface area contributed by atoms with Crippen LogP contribution in [0.3, 0.4) is 0 Å². The maximum absolute atomic E-state index is 12.1. The highest BCUT2D eigenvalue weighted by Gasteiger charge is 2.37. The van der Waals surface area contributed by atoms with Crippen LogP contribution in [0.5, 0.6) is 0 Å². The lowest BCUT2D eigenvalue weighted by atomic mass is 10.0. The van der Waals surface area contributed by atoms with Gasteiger partial charge in [0.1, 0.15) is 24.0 Å². The van der Waals surface area contributed by atoms with E-state index >= 15 is 0 Å². The highest BCUT2D eigenvalue weighted by molar-refractivity contribution is 5.82. The first-order chi connectivity index (χ1) is 13.4. The van der Waals surface area contributed by atoms with Gasteiger partial charge in [-0.25, -0.2) is 15.0 Å². The minimum absolute atomic E-state index is 0.148. The van der Waals surface area contributed by atoms with E-state index in [4.69, 9.17) is 10.5 Å². The number of nitrogen functional groups attached to an aromatic ring is 1. The molecule has 6 N–H and O–H groups in total. The average Bonchev–Trinajstić information content (AvgIpc) is 3.29. The van der Waals surface area contributed by atoms with Gasteiger partial charge in [0.2, 0.25) is 0 Å². The second-order valence-corrected chi connectivity index (χ2v) is 6.92. The number of ether oxygens (including phenoxy) is 1. The number of nitrogens with two attached hydrogens (primary N) is 1. The van der Waals surface area contributed by atoms with E-state index in [9.17, 15) is 20.1 Å². The largest absolute Gasteiger partial charge is 0.394 e. The molecule has 1 amide bonds. The number of imidazole rings is 1. The van der Waals surface area contributed by atoms with E-state index in [0.29, 0.717) is 30.6 Å². The van der Waals surface area contributed by atoms with E-state index in [-0.39, 0.29) is 18.4 Å². The molecule has 0 bridgehead atoms. The molecule has 0 saturated heterocycles. The van der Waals surface area contributed by atoms with Gasteiger partial charge in [-0.3, -0.25) is 9.36 Å². The predicted molar refractivity (Wildman–Crippen MR) is 98.7 cm³/mol. The second-order valence-electron chi connectivity index (χ2n) is 6.92. The van der Waals surface area contributed by atoms with Crippen molar-refractivity contribution < 1.29 is 24.9 Å². The van der Waals surface area contributed by atoms with Crippen LogP contribution in [0.1, 0.15) is 38.4 Å². The molecule has 1 aliphatic rings. The summed E-state index contributed by atoms with van der Waals surface area (Å²) in [5, 5.41) is 32.4. The Bertz CT molecular complexity index is 835. The lowest BCUT2D eigenvalue weighted by molar-refractivity contribution is -0.147. The van der Waals surface area contributed by atoms with Crippen LogP contribution in [0.4, 0.5) is 5.82 Å². The smallest absolute Gasteiger partial charge is 0.252 e. The summed E-state index contributed by atoms with van der Waals surface area (Å²) in [5.74, 6) is -0.147. The van der Waals surface area contributed by atoms with Crippen LogP contribution in [0.15, 0.2) is 6.33 Å². The van der Waals surface area contributed by atoms with Crippen LogP contribution in [0, 0.1) is 0 Å². The number of nitrogens with zero attached hydrogens (tertiary/aromatic N) is 4. The molecule has 1 fully saturated rings. The number of likely N-dealkylation sites (N-methyl/N-ethyl adjacent to an activating group) is 1. The molecule has 2 atom stereocenters. The summed E-state index contributed by atoms with van der Waals surface area (Å²) in [4.78, 5) is 24.9. The first-order valence-corrected chi connectivity index (χ1v) is 9.29. The number of nitrogens with one attached hydrogen (secondary N) is 1. The lowest BCUT2D eigenvalue weighted by Gasteiger charge is -2.22. The first-order valence-electron chi connectivity index (χ1n) is 9.29. The van der Waals surface area contributed by atoms with Crippen molar-refractivity contribution in [2.75, 3.05) is 18.9 Å². The SMILES string of the molecule is CCNC(=O)[C@@H](OCn1cnc2c(N)nc(C3(O)CCCC3)nc21)C(O)CO. The summed E-state index contributed by atoms with van der Waals surface area (Å²) in [7, 11) is 0. The molecule has 0 aliphatic heterocycles. The summed E-state index contributed by atoms with van der Waals surface area (Å²) >= 11 is 0. The Morgan fingerprint density at radius 2 is 2.14 bits per heavy atom. The maximum Gasteiger partial charge on any atom is 0.252 e. The number of hydrogen-bond donors (Lipinski definition) is 5. The standard InChI is InChI=1S/C17H26N6O5/c1-2-19-15(26)12(10(25)7-24)28-9-23-8-20-11-13(18)21-16(22-14(11)23)17(27)5-3-4-6-17/h8,10,12,24-25,27H,2-7,9H2,1H3,(H,19,26)(H2,18,21,22)/t10?,12-/m0/s1. The number of hydrogen-bond acceptors (Lipinski definition) is 9. The number of aliphatic hydroxyl groups excluding tert-OH is 2. The topological polar surface area (TPSA) is 169 Å². The van der Waals surface area contributed by atoms with Gasteiger partial charge in [0.25, 0.3) is 5.91 Å². The Morgan fingerprint density at radius 1 is 1.43 bits per heavy atom. The fourth-order valence-corrected chi connectivity index (χ4v) is 3.34. The zero-order valence-corrected chi connectivity index (χ0v) is 15.7. The molecule has 1 aliphatic carbocycles. The number of carbonyl (C=O) groups is 1. The van der Waals surface area contributed by atoms with Crippen LogP contribution >= 0.6 is 0 Å². The van der Waals surface area contributed by atoms with Gasteiger partial charge in [0, 0.05) is 6.54 Å². The molecular formula is C17H26N6O5. The molecule has 0 radical (unpaired) electrons. The first kappa shape index (κ1) is 20.4. The van der Waals surface area contributed by atoms with E-state index < -0.39 is 30.3 Å². The van der Waals surface area contributed by atoms with E-state index in [2.05, 4.69) is 20.3 Å². The molecule has 28 heavy (non-hydrogen) atoms. The normalized spacial score (nSPS) is 18.3. The van der Waals surface area contributed by atoms with Crippen molar-refractivity contribution in [1.82, 2.24) is 24.8 Å². The number of rotatable bonds is 8. The third-order valence-electron chi connectivity index (χ3n) is 4.88. The summed E-state index contributed by atoms with van der Waals surface area (Å²) in [5.41, 5.74) is 5.59. The van der Waals surface area contributed by atoms with E-state index in [0.717, 1.165) is 12.8 Å². The van der Waals surface area contributed by atoms with Gasteiger partial charge in [-0.15, -0.1) is 0 Å². The van der Waals surface area contributed by atoms with Gasteiger partial charge in [-0.2, -0.15) is 0 Å². The summed E-state index contributed by atoms with van der Waals surface area (Å²) in [6, 6.07) is 0. The Labute approximate surface area is 161 Å². The summed E-state index contributed by atoms with van der Waals surface area (Å²) < 4.78 is 7.03. The monoisotopic (exact) mass is 394 g/mol. The fourth-order valence-electron chi connectivity index (χ4n) is 3.34. The van der Waals surface area contributed by atoms with Crippen molar-refractivity contribution in [2.45, 2.75) is 57.1 Å². The van der Waals surface area contributed by atoms with Crippen LogP contribution in [0.2, 0.25) is 0 Å². The van der Waals surface area contributed by atoms with Gasteiger partial charge in [0.15, 0.2) is 23.4 Å². The number of carbonyl (C=O) groups excluding carboxylic acids is 1. The van der Waals surface area contributed by atoms with Crippen molar-refractivity contribution in [3.8, 4) is 0 Å². The quantitative estimate of drug-likeness (QED) is 0.377.